The van der Waals surface area contributed by atoms with Gasteiger partial charge < -0.3 is 31.7 Å². The highest BCUT2D eigenvalue weighted by Crippen LogP contribution is 2.22. The van der Waals surface area contributed by atoms with Crippen LogP contribution in [0.1, 0.15) is 56.6 Å². The van der Waals surface area contributed by atoms with Gasteiger partial charge in [-0.05, 0) is 56.6 Å². The highest BCUT2D eigenvalue weighted by molar-refractivity contribution is 5.96. The first-order valence-electron chi connectivity index (χ1n) is 14.4. The molecule has 11 heteroatoms. The Labute approximate surface area is 246 Å². The van der Waals surface area contributed by atoms with Crippen molar-refractivity contribution in [2.24, 2.45) is 5.73 Å². The molecule has 0 aromatic heterocycles. The smallest absolute Gasteiger partial charge is 0.326 e. The van der Waals surface area contributed by atoms with Crippen LogP contribution in [0.2, 0.25) is 0 Å². The average molecular weight is 579 g/mol. The molecule has 2 aromatic rings. The summed E-state index contributed by atoms with van der Waals surface area (Å²) in [5, 5.41) is 25.1. The first-order chi connectivity index (χ1) is 20.1. The van der Waals surface area contributed by atoms with Crippen LogP contribution >= 0.6 is 0 Å². The number of carbonyl (C=O) groups excluding carboxylic acids is 3. The fourth-order valence-electron chi connectivity index (χ4n) is 5.21. The van der Waals surface area contributed by atoms with Crippen molar-refractivity contribution in [3.8, 4) is 0 Å². The van der Waals surface area contributed by atoms with Gasteiger partial charge in [-0.2, -0.15) is 0 Å². The Morgan fingerprint density at radius 1 is 1.05 bits per heavy atom. The molecule has 1 saturated heterocycles. The zero-order chi connectivity index (χ0) is 30.5. The predicted octanol–water partition coefficient (Wildman–Crippen LogP) is 1.95. The summed E-state index contributed by atoms with van der Waals surface area (Å²) < 4.78 is 0. The first kappa shape index (κ1) is 32.1. The van der Waals surface area contributed by atoms with E-state index in [-0.39, 0.29) is 31.3 Å². The summed E-state index contributed by atoms with van der Waals surface area (Å²) in [6.45, 7) is 2.33. The van der Waals surface area contributed by atoms with Crippen LogP contribution in [0.3, 0.4) is 0 Å². The molecular formula is C31H42N6O5. The summed E-state index contributed by atoms with van der Waals surface area (Å²) in [6.07, 6.45) is 3.50. The Balaban J connectivity index is 1.69. The Kier molecular flexibility index (Phi) is 11.9. The summed E-state index contributed by atoms with van der Waals surface area (Å²) >= 11 is 0. The fraction of sp³-hybridized carbons (Fsp3) is 0.452. The maximum absolute atomic E-state index is 13.6. The predicted molar refractivity (Wildman–Crippen MR) is 160 cm³/mol. The molecule has 7 N–H and O–H groups in total. The van der Waals surface area contributed by atoms with Gasteiger partial charge in [0.1, 0.15) is 17.6 Å². The van der Waals surface area contributed by atoms with Gasteiger partial charge in [-0.25, -0.2) is 4.79 Å². The van der Waals surface area contributed by atoms with Crippen LogP contribution in [-0.2, 0) is 32.0 Å². The SMILES string of the molecule is C[C@@](Cc1ccccc1)(NC(=O)[C@@H]1CCCN1C(=O)CCCc1ccccc1)C(=O)N[C@@H](CCCNC(=N)N)C(=O)O. The van der Waals surface area contributed by atoms with Crippen molar-refractivity contribution >= 4 is 29.7 Å². The van der Waals surface area contributed by atoms with Crippen molar-refractivity contribution in [1.29, 1.82) is 5.41 Å². The van der Waals surface area contributed by atoms with Gasteiger partial charge in [0.15, 0.2) is 5.96 Å². The topological polar surface area (TPSA) is 178 Å². The van der Waals surface area contributed by atoms with Crippen molar-refractivity contribution in [2.75, 3.05) is 13.1 Å². The maximum Gasteiger partial charge on any atom is 0.326 e. The van der Waals surface area contributed by atoms with Crippen molar-refractivity contribution < 1.29 is 24.3 Å². The number of rotatable bonds is 15. The van der Waals surface area contributed by atoms with Crippen LogP contribution in [0, 0.1) is 5.41 Å². The van der Waals surface area contributed by atoms with E-state index in [9.17, 15) is 24.3 Å². The van der Waals surface area contributed by atoms with Gasteiger partial charge in [0.05, 0.1) is 0 Å². The number of benzene rings is 2. The van der Waals surface area contributed by atoms with Crippen LogP contribution in [0.15, 0.2) is 60.7 Å². The number of likely N-dealkylation sites (tertiary alicyclic amines) is 1. The number of hydrogen-bond donors (Lipinski definition) is 6. The van der Waals surface area contributed by atoms with Gasteiger partial charge >= 0.3 is 5.97 Å². The zero-order valence-electron chi connectivity index (χ0n) is 24.1. The number of aryl methyl sites for hydroxylation is 1. The second-order valence-corrected chi connectivity index (χ2v) is 10.9. The molecule has 0 bridgehead atoms. The molecule has 0 unspecified atom stereocenters. The molecule has 1 fully saturated rings. The number of hydrogen-bond acceptors (Lipinski definition) is 5. The Hall–Kier alpha value is -4.41. The number of amides is 3. The van der Waals surface area contributed by atoms with E-state index in [1.54, 1.807) is 11.8 Å². The highest BCUT2D eigenvalue weighted by Gasteiger charge is 2.41. The molecule has 2 aromatic carbocycles. The normalized spacial score (nSPS) is 16.6. The molecule has 0 radical (unpaired) electrons. The molecule has 42 heavy (non-hydrogen) atoms. The monoisotopic (exact) mass is 578 g/mol. The minimum Gasteiger partial charge on any atom is -0.480 e. The third-order valence-electron chi connectivity index (χ3n) is 7.46. The van der Waals surface area contributed by atoms with E-state index in [1.807, 2.05) is 60.7 Å². The lowest BCUT2D eigenvalue weighted by atomic mass is 9.90. The van der Waals surface area contributed by atoms with E-state index in [0.29, 0.717) is 38.6 Å². The van der Waals surface area contributed by atoms with Crippen molar-refractivity contribution in [3.63, 3.8) is 0 Å². The number of carboxylic acids is 1. The lowest BCUT2D eigenvalue weighted by molar-refractivity contribution is -0.144. The molecule has 3 atom stereocenters. The van der Waals surface area contributed by atoms with Gasteiger partial charge in [0.25, 0.3) is 0 Å². The maximum atomic E-state index is 13.6. The van der Waals surface area contributed by atoms with E-state index in [0.717, 1.165) is 17.5 Å². The largest absolute Gasteiger partial charge is 0.480 e. The van der Waals surface area contributed by atoms with Gasteiger partial charge in [-0.3, -0.25) is 19.8 Å². The lowest BCUT2D eigenvalue weighted by Gasteiger charge is -2.34. The Morgan fingerprint density at radius 2 is 1.69 bits per heavy atom. The van der Waals surface area contributed by atoms with E-state index in [2.05, 4.69) is 16.0 Å². The van der Waals surface area contributed by atoms with E-state index in [4.69, 9.17) is 11.1 Å². The Bertz CT molecular complexity index is 1220. The number of aliphatic carboxylic acids is 1. The summed E-state index contributed by atoms with van der Waals surface area (Å²) in [5.41, 5.74) is 5.74. The molecule has 1 aliphatic heterocycles. The zero-order valence-corrected chi connectivity index (χ0v) is 24.1. The van der Waals surface area contributed by atoms with Gasteiger partial charge in [0, 0.05) is 25.9 Å². The average Bonchev–Trinajstić information content (AvgIpc) is 3.46. The third kappa shape index (κ3) is 9.60. The quantitative estimate of drug-likeness (QED) is 0.106. The van der Waals surface area contributed by atoms with Gasteiger partial charge in [-0.1, -0.05) is 60.7 Å². The van der Waals surface area contributed by atoms with E-state index < -0.39 is 35.4 Å². The first-order valence-corrected chi connectivity index (χ1v) is 14.4. The van der Waals surface area contributed by atoms with E-state index >= 15 is 0 Å². The summed E-state index contributed by atoms with van der Waals surface area (Å²) in [6, 6.07) is 17.2. The number of guanidine groups is 1. The van der Waals surface area contributed by atoms with Gasteiger partial charge in [0.2, 0.25) is 17.7 Å². The number of nitrogens with two attached hydrogens (primary N) is 1. The third-order valence-corrected chi connectivity index (χ3v) is 7.46. The lowest BCUT2D eigenvalue weighted by Crippen LogP contribution is -2.63. The number of carbonyl (C=O) groups is 4. The van der Waals surface area contributed by atoms with Crippen LogP contribution in [0.4, 0.5) is 0 Å². The highest BCUT2D eigenvalue weighted by atomic mass is 16.4. The summed E-state index contributed by atoms with van der Waals surface area (Å²) in [7, 11) is 0. The van der Waals surface area contributed by atoms with Crippen molar-refractivity contribution in [1.82, 2.24) is 20.9 Å². The van der Waals surface area contributed by atoms with Crippen LogP contribution in [0.25, 0.3) is 0 Å². The molecule has 1 aliphatic rings. The number of nitrogens with zero attached hydrogens (tertiary/aromatic N) is 1. The molecule has 3 amide bonds. The molecule has 0 aliphatic carbocycles. The van der Waals surface area contributed by atoms with Crippen LogP contribution < -0.4 is 21.7 Å². The molecule has 1 heterocycles. The minimum absolute atomic E-state index is 0.0945. The summed E-state index contributed by atoms with van der Waals surface area (Å²) in [5.74, 6) is -2.59. The molecule has 226 valence electrons. The van der Waals surface area contributed by atoms with Crippen LogP contribution in [0.5, 0.6) is 0 Å². The van der Waals surface area contributed by atoms with E-state index in [1.165, 1.54) is 0 Å². The second kappa shape index (κ2) is 15.6. The molecular weight excluding hydrogens is 536 g/mol. The summed E-state index contributed by atoms with van der Waals surface area (Å²) in [4.78, 5) is 53.9. The Morgan fingerprint density at radius 3 is 2.31 bits per heavy atom. The van der Waals surface area contributed by atoms with Gasteiger partial charge in [-0.15, -0.1) is 0 Å². The molecule has 0 spiro atoms. The van der Waals surface area contributed by atoms with Crippen molar-refractivity contribution in [3.05, 3.63) is 71.8 Å². The number of nitrogens with one attached hydrogen (secondary N) is 4. The second-order valence-electron chi connectivity index (χ2n) is 10.9. The van der Waals surface area contributed by atoms with Crippen molar-refractivity contribution in [2.45, 2.75) is 75.9 Å². The minimum atomic E-state index is -1.48. The fourth-order valence-corrected chi connectivity index (χ4v) is 5.21. The molecule has 11 nitrogen and oxygen atoms in total. The van der Waals surface area contributed by atoms with Crippen LogP contribution in [-0.4, -0.2) is 70.4 Å². The number of carboxylic acid groups (broad SMARTS) is 1. The standard InChI is InChI=1S/C31H42N6O5/c1-31(21-23-13-6-3-7-14-23,29(42)35-24(28(40)41)16-9-19-34-30(32)33)36-27(39)25-17-10-20-37(25)26(38)18-8-15-22-11-4-2-5-12-22/h2-7,11-14,24-25H,8-10,15-21H2,1H3,(H,35,42)(H,36,39)(H,40,41)(H4,32,33,34)/t24-,25-,31-/m0/s1. The molecule has 0 saturated carbocycles. The molecule has 3 rings (SSSR count).